The molecular formula is C14H18F3NO2S. The van der Waals surface area contributed by atoms with E-state index in [2.05, 4.69) is 5.32 Å². The maximum Gasteiger partial charge on any atom is 0.417 e. The van der Waals surface area contributed by atoms with Crippen LogP contribution in [0.4, 0.5) is 13.2 Å². The summed E-state index contributed by atoms with van der Waals surface area (Å²) in [6.45, 7) is 1.75. The van der Waals surface area contributed by atoms with Gasteiger partial charge in [0.05, 0.1) is 10.5 Å². The predicted octanol–water partition coefficient (Wildman–Crippen LogP) is 2.65. The molecule has 2 rings (SSSR count). The Morgan fingerprint density at radius 1 is 1.24 bits per heavy atom. The maximum absolute atomic E-state index is 13.1. The summed E-state index contributed by atoms with van der Waals surface area (Å²) in [6, 6.07) is 3.56. The number of sulfone groups is 1. The van der Waals surface area contributed by atoms with Crippen LogP contribution in [0.1, 0.15) is 24.0 Å². The van der Waals surface area contributed by atoms with Crippen molar-refractivity contribution in [2.75, 3.05) is 19.3 Å². The smallest absolute Gasteiger partial charge is 0.317 e. The van der Waals surface area contributed by atoms with E-state index in [1.54, 1.807) is 0 Å². The van der Waals surface area contributed by atoms with Gasteiger partial charge in [0.2, 0.25) is 0 Å². The summed E-state index contributed by atoms with van der Waals surface area (Å²) in [6.07, 6.45) is -1.47. The highest BCUT2D eigenvalue weighted by Gasteiger charge is 2.36. The minimum Gasteiger partial charge on any atom is -0.317 e. The largest absolute Gasteiger partial charge is 0.417 e. The van der Waals surface area contributed by atoms with Crippen LogP contribution in [-0.2, 0) is 22.4 Å². The molecule has 0 aliphatic carbocycles. The lowest BCUT2D eigenvalue weighted by atomic mass is 9.90. The van der Waals surface area contributed by atoms with Gasteiger partial charge in [0.25, 0.3) is 0 Å². The van der Waals surface area contributed by atoms with Crippen LogP contribution < -0.4 is 5.32 Å². The van der Waals surface area contributed by atoms with Crippen LogP contribution in [0.15, 0.2) is 23.1 Å². The zero-order valence-corrected chi connectivity index (χ0v) is 12.5. The molecule has 1 aliphatic heterocycles. The summed E-state index contributed by atoms with van der Waals surface area (Å²) < 4.78 is 62.2. The lowest BCUT2D eigenvalue weighted by molar-refractivity contribution is -0.139. The average molecular weight is 321 g/mol. The van der Waals surface area contributed by atoms with Crippen molar-refractivity contribution < 1.29 is 21.6 Å². The van der Waals surface area contributed by atoms with E-state index in [-0.39, 0.29) is 0 Å². The van der Waals surface area contributed by atoms with Gasteiger partial charge < -0.3 is 5.32 Å². The average Bonchev–Trinajstić information content (AvgIpc) is 2.37. The molecule has 0 radical (unpaired) electrons. The summed E-state index contributed by atoms with van der Waals surface area (Å²) in [4.78, 5) is -0.649. The Kier molecular flexibility index (Phi) is 4.63. The summed E-state index contributed by atoms with van der Waals surface area (Å²) in [5.74, 6) is 0.344. The Morgan fingerprint density at radius 2 is 1.86 bits per heavy atom. The molecule has 1 saturated heterocycles. The first kappa shape index (κ1) is 16.3. The minimum atomic E-state index is -4.66. The molecular weight excluding hydrogens is 303 g/mol. The Bertz CT molecular complexity index is 605. The van der Waals surface area contributed by atoms with Crippen LogP contribution >= 0.6 is 0 Å². The highest BCUT2D eigenvalue weighted by Crippen LogP contribution is 2.35. The number of hydrogen-bond acceptors (Lipinski definition) is 3. The van der Waals surface area contributed by atoms with Gasteiger partial charge in [0.1, 0.15) is 0 Å². The number of piperidine rings is 1. The van der Waals surface area contributed by atoms with Crippen LogP contribution in [-0.4, -0.2) is 27.8 Å². The second kappa shape index (κ2) is 5.96. The Hall–Kier alpha value is -1.08. The van der Waals surface area contributed by atoms with E-state index in [1.807, 2.05) is 0 Å². The zero-order valence-electron chi connectivity index (χ0n) is 11.7. The highest BCUT2D eigenvalue weighted by atomic mass is 32.2. The fourth-order valence-corrected chi connectivity index (χ4v) is 3.56. The molecule has 1 fully saturated rings. The number of benzene rings is 1. The van der Waals surface area contributed by atoms with E-state index in [0.29, 0.717) is 17.9 Å². The SMILES string of the molecule is CS(=O)(=O)c1ccc(CC2CCNCC2)cc1C(F)(F)F. The molecule has 1 heterocycles. The molecule has 0 aromatic heterocycles. The first-order valence-corrected chi connectivity index (χ1v) is 8.68. The van der Waals surface area contributed by atoms with Gasteiger partial charge in [-0.05, 0) is 56.0 Å². The third-order valence-corrected chi connectivity index (χ3v) is 4.89. The minimum absolute atomic E-state index is 0.344. The van der Waals surface area contributed by atoms with E-state index in [0.717, 1.165) is 44.3 Å². The van der Waals surface area contributed by atoms with Crippen molar-refractivity contribution in [3.8, 4) is 0 Å². The summed E-state index contributed by atoms with van der Waals surface area (Å²) >= 11 is 0. The van der Waals surface area contributed by atoms with Crippen LogP contribution in [0, 0.1) is 5.92 Å². The normalized spacial score (nSPS) is 17.9. The molecule has 1 aromatic carbocycles. The van der Waals surface area contributed by atoms with Gasteiger partial charge >= 0.3 is 6.18 Å². The lowest BCUT2D eigenvalue weighted by Crippen LogP contribution is -2.28. The van der Waals surface area contributed by atoms with Crippen molar-refractivity contribution in [2.24, 2.45) is 5.92 Å². The third-order valence-electron chi connectivity index (χ3n) is 3.73. The zero-order chi connectivity index (χ0) is 15.7. The van der Waals surface area contributed by atoms with Crippen molar-refractivity contribution >= 4 is 9.84 Å². The molecule has 1 aromatic rings. The quantitative estimate of drug-likeness (QED) is 0.931. The van der Waals surface area contributed by atoms with Crippen molar-refractivity contribution in [3.63, 3.8) is 0 Å². The molecule has 0 bridgehead atoms. The lowest BCUT2D eigenvalue weighted by Gasteiger charge is -2.23. The maximum atomic E-state index is 13.1. The molecule has 3 nitrogen and oxygen atoms in total. The van der Waals surface area contributed by atoms with Crippen LogP contribution in [0.3, 0.4) is 0 Å². The monoisotopic (exact) mass is 321 g/mol. The topological polar surface area (TPSA) is 46.2 Å². The summed E-state index contributed by atoms with van der Waals surface area (Å²) in [5, 5.41) is 3.21. The van der Waals surface area contributed by atoms with Crippen molar-refractivity contribution in [1.29, 1.82) is 0 Å². The first-order chi connectivity index (χ1) is 9.68. The van der Waals surface area contributed by atoms with E-state index in [4.69, 9.17) is 0 Å². The van der Waals surface area contributed by atoms with Gasteiger partial charge in [-0.1, -0.05) is 6.07 Å². The van der Waals surface area contributed by atoms with Crippen molar-refractivity contribution in [2.45, 2.75) is 30.3 Å². The van der Waals surface area contributed by atoms with Crippen LogP contribution in [0.5, 0.6) is 0 Å². The van der Waals surface area contributed by atoms with Gasteiger partial charge in [-0.3, -0.25) is 0 Å². The molecule has 0 unspecified atom stereocenters. The number of hydrogen-bond donors (Lipinski definition) is 1. The fraction of sp³-hybridized carbons (Fsp3) is 0.571. The summed E-state index contributed by atoms with van der Waals surface area (Å²) in [5.41, 5.74) is -0.516. The molecule has 21 heavy (non-hydrogen) atoms. The Balaban J connectivity index is 2.33. The first-order valence-electron chi connectivity index (χ1n) is 6.79. The molecule has 0 saturated carbocycles. The van der Waals surface area contributed by atoms with Crippen molar-refractivity contribution in [1.82, 2.24) is 5.32 Å². The molecule has 0 spiro atoms. The second-order valence-corrected chi connectivity index (χ2v) is 7.48. The number of halogens is 3. The van der Waals surface area contributed by atoms with E-state index in [9.17, 15) is 21.6 Å². The van der Waals surface area contributed by atoms with E-state index < -0.39 is 26.5 Å². The van der Waals surface area contributed by atoms with Crippen LogP contribution in [0.2, 0.25) is 0 Å². The molecule has 0 amide bonds. The Morgan fingerprint density at radius 3 is 2.38 bits per heavy atom. The molecule has 118 valence electrons. The number of nitrogens with one attached hydrogen (secondary N) is 1. The van der Waals surface area contributed by atoms with Crippen molar-refractivity contribution in [3.05, 3.63) is 29.3 Å². The molecule has 1 N–H and O–H groups in total. The summed E-state index contributed by atoms with van der Waals surface area (Å²) in [7, 11) is -3.90. The predicted molar refractivity (Wildman–Crippen MR) is 73.9 cm³/mol. The molecule has 1 aliphatic rings. The van der Waals surface area contributed by atoms with Crippen LogP contribution in [0.25, 0.3) is 0 Å². The fourth-order valence-electron chi connectivity index (χ4n) is 2.67. The van der Waals surface area contributed by atoms with E-state index in [1.165, 1.54) is 6.07 Å². The third kappa shape index (κ3) is 4.20. The molecule has 7 heteroatoms. The van der Waals surface area contributed by atoms with Gasteiger partial charge in [-0.15, -0.1) is 0 Å². The van der Waals surface area contributed by atoms with Gasteiger partial charge in [-0.2, -0.15) is 13.2 Å². The highest BCUT2D eigenvalue weighted by molar-refractivity contribution is 7.90. The van der Waals surface area contributed by atoms with Gasteiger partial charge in [0, 0.05) is 6.26 Å². The standard InChI is InChI=1S/C14H18F3NO2S/c1-21(19,20)13-3-2-11(9-12(13)14(15,16)17)8-10-4-6-18-7-5-10/h2-3,9-10,18H,4-8H2,1H3. The molecule has 0 atom stereocenters. The Labute approximate surface area is 122 Å². The van der Waals surface area contributed by atoms with Gasteiger partial charge in [0.15, 0.2) is 9.84 Å². The number of rotatable bonds is 3. The van der Waals surface area contributed by atoms with E-state index >= 15 is 0 Å². The second-order valence-electron chi connectivity index (χ2n) is 5.50. The number of alkyl halides is 3. The van der Waals surface area contributed by atoms with Gasteiger partial charge in [-0.25, -0.2) is 8.42 Å².